The molecule has 0 unspecified atom stereocenters. The van der Waals surface area contributed by atoms with Crippen molar-refractivity contribution in [2.75, 3.05) is 16.2 Å². The fourth-order valence-corrected chi connectivity index (χ4v) is 4.31. The number of nitrogens with zero attached hydrogens (tertiary/aromatic N) is 5. The van der Waals surface area contributed by atoms with E-state index in [9.17, 15) is 18.0 Å². The molecule has 3 heterocycles. The van der Waals surface area contributed by atoms with Gasteiger partial charge in [-0.05, 0) is 45.9 Å². The second kappa shape index (κ2) is 9.09. The molecular formula is C19H21N7O5S. The van der Waals surface area contributed by atoms with E-state index in [0.717, 1.165) is 0 Å². The summed E-state index contributed by atoms with van der Waals surface area (Å²) in [7, 11) is -4.71. The van der Waals surface area contributed by atoms with Crippen molar-refractivity contribution in [2.45, 2.75) is 32.7 Å². The molecule has 0 aromatic carbocycles. The number of ether oxygens (including phenoxy) is 1. The fourth-order valence-electron chi connectivity index (χ4n) is 2.86. The SMILES string of the molecule is CCOC(=O)c1c(S(=O)(=O)N(C(=O)Nc2nc(C)cc(C)n2)c2ccccn2)n[nH]c1C. The molecule has 3 aromatic rings. The van der Waals surface area contributed by atoms with Crippen molar-refractivity contribution in [3.05, 3.63) is 53.1 Å². The van der Waals surface area contributed by atoms with Gasteiger partial charge in [-0.15, -0.1) is 0 Å². The lowest BCUT2D eigenvalue weighted by molar-refractivity contribution is 0.0521. The van der Waals surface area contributed by atoms with Gasteiger partial charge in [-0.1, -0.05) is 6.07 Å². The van der Waals surface area contributed by atoms with E-state index in [4.69, 9.17) is 4.74 Å². The molecule has 2 amide bonds. The standard InChI is InChI=1S/C19H21N7O5S/c1-5-31-17(27)15-13(4)24-25-16(15)32(29,30)26(14-8-6-7-9-20-14)19(28)23-18-21-11(2)10-12(3)22-18/h6-10H,5H2,1-4H3,(H,24,25)(H,21,22,23,28). The second-order valence-electron chi connectivity index (χ2n) is 6.61. The number of urea groups is 1. The topological polar surface area (TPSA) is 160 Å². The maximum Gasteiger partial charge on any atom is 0.344 e. The Hall–Kier alpha value is -3.87. The number of anilines is 2. The minimum absolute atomic E-state index is 0.0252. The van der Waals surface area contributed by atoms with E-state index in [0.29, 0.717) is 15.7 Å². The Morgan fingerprint density at radius 1 is 1.16 bits per heavy atom. The number of amides is 2. The smallest absolute Gasteiger partial charge is 0.344 e. The van der Waals surface area contributed by atoms with Crippen LogP contribution in [-0.2, 0) is 14.8 Å². The Morgan fingerprint density at radius 2 is 1.84 bits per heavy atom. The molecule has 3 aromatic heterocycles. The molecule has 0 aliphatic carbocycles. The number of rotatable bonds is 6. The highest BCUT2D eigenvalue weighted by Crippen LogP contribution is 2.26. The predicted octanol–water partition coefficient (Wildman–Crippen LogP) is 2.12. The third-order valence-corrected chi connectivity index (χ3v) is 5.74. The summed E-state index contributed by atoms with van der Waals surface area (Å²) in [6.45, 7) is 6.48. The lowest BCUT2D eigenvalue weighted by atomic mass is 10.3. The van der Waals surface area contributed by atoms with Gasteiger partial charge in [-0.2, -0.15) is 17.8 Å². The number of esters is 1. The average Bonchev–Trinajstić information content (AvgIpc) is 3.10. The van der Waals surface area contributed by atoms with Crippen LogP contribution >= 0.6 is 0 Å². The van der Waals surface area contributed by atoms with E-state index >= 15 is 0 Å². The summed E-state index contributed by atoms with van der Waals surface area (Å²) in [6, 6.07) is 4.98. The highest BCUT2D eigenvalue weighted by Gasteiger charge is 2.39. The monoisotopic (exact) mass is 459 g/mol. The maximum atomic E-state index is 13.5. The van der Waals surface area contributed by atoms with E-state index < -0.39 is 27.0 Å². The Morgan fingerprint density at radius 3 is 2.44 bits per heavy atom. The minimum Gasteiger partial charge on any atom is -0.462 e. The number of hydrogen-bond acceptors (Lipinski definition) is 9. The number of sulfonamides is 1. The largest absolute Gasteiger partial charge is 0.462 e. The first-order chi connectivity index (χ1) is 15.1. The van der Waals surface area contributed by atoms with E-state index in [1.54, 1.807) is 32.9 Å². The van der Waals surface area contributed by atoms with Gasteiger partial charge in [-0.25, -0.2) is 24.5 Å². The number of carbonyl (C=O) groups excluding carboxylic acids is 2. The van der Waals surface area contributed by atoms with Gasteiger partial charge >= 0.3 is 12.0 Å². The van der Waals surface area contributed by atoms with E-state index in [2.05, 4.69) is 30.5 Å². The van der Waals surface area contributed by atoms with Crippen LogP contribution in [0.15, 0.2) is 35.5 Å². The lowest BCUT2D eigenvalue weighted by Gasteiger charge is -2.21. The summed E-state index contributed by atoms with van der Waals surface area (Å²) < 4.78 is 32.4. The van der Waals surface area contributed by atoms with Gasteiger partial charge in [0.2, 0.25) is 11.0 Å². The summed E-state index contributed by atoms with van der Waals surface area (Å²) >= 11 is 0. The van der Waals surface area contributed by atoms with Crippen LogP contribution in [0.1, 0.15) is 34.4 Å². The first-order valence-corrected chi connectivity index (χ1v) is 10.9. The van der Waals surface area contributed by atoms with Gasteiger partial charge in [0.1, 0.15) is 5.56 Å². The average molecular weight is 459 g/mol. The number of aromatic amines is 1. The zero-order chi connectivity index (χ0) is 23.5. The Labute approximate surface area is 184 Å². The summed E-state index contributed by atoms with van der Waals surface area (Å²) in [5, 5.41) is 7.92. The Balaban J connectivity index is 2.11. The molecule has 0 saturated carbocycles. The highest BCUT2D eigenvalue weighted by molar-refractivity contribution is 7.93. The summed E-state index contributed by atoms with van der Waals surface area (Å²) in [6.07, 6.45) is 1.32. The van der Waals surface area contributed by atoms with Crippen LogP contribution in [-0.4, -0.2) is 52.2 Å². The van der Waals surface area contributed by atoms with Crippen molar-refractivity contribution in [2.24, 2.45) is 0 Å². The third kappa shape index (κ3) is 4.56. The number of nitrogens with one attached hydrogen (secondary N) is 2. The molecule has 0 atom stereocenters. The minimum atomic E-state index is -4.71. The van der Waals surface area contributed by atoms with Crippen LogP contribution in [0.3, 0.4) is 0 Å². The number of carbonyl (C=O) groups is 2. The highest BCUT2D eigenvalue weighted by atomic mass is 32.2. The van der Waals surface area contributed by atoms with Gasteiger partial charge in [0.25, 0.3) is 10.0 Å². The van der Waals surface area contributed by atoms with Crippen LogP contribution in [0.2, 0.25) is 0 Å². The van der Waals surface area contributed by atoms with Crippen molar-refractivity contribution in [1.82, 2.24) is 25.1 Å². The molecule has 0 bridgehead atoms. The van der Waals surface area contributed by atoms with Crippen molar-refractivity contribution >= 4 is 33.8 Å². The summed E-state index contributed by atoms with van der Waals surface area (Å²) in [4.78, 5) is 37.7. The fraction of sp³-hybridized carbons (Fsp3) is 0.263. The van der Waals surface area contributed by atoms with E-state index in [1.807, 2.05) is 0 Å². The second-order valence-corrected chi connectivity index (χ2v) is 8.31. The summed E-state index contributed by atoms with van der Waals surface area (Å²) in [5.74, 6) is -1.20. The van der Waals surface area contributed by atoms with Crippen LogP contribution in [0.5, 0.6) is 0 Å². The molecule has 0 spiro atoms. The van der Waals surface area contributed by atoms with Crippen LogP contribution < -0.4 is 9.62 Å². The molecule has 3 rings (SSSR count). The lowest BCUT2D eigenvalue weighted by Crippen LogP contribution is -2.41. The molecule has 168 valence electrons. The van der Waals surface area contributed by atoms with Gasteiger partial charge in [0, 0.05) is 23.3 Å². The van der Waals surface area contributed by atoms with Gasteiger partial charge in [0.15, 0.2) is 5.82 Å². The molecule has 0 aliphatic heterocycles. The van der Waals surface area contributed by atoms with Gasteiger partial charge < -0.3 is 4.74 Å². The third-order valence-electron chi connectivity index (χ3n) is 4.12. The van der Waals surface area contributed by atoms with Crippen LogP contribution in [0, 0.1) is 20.8 Å². The molecule has 0 radical (unpaired) electrons. The number of pyridine rings is 1. The van der Waals surface area contributed by atoms with Gasteiger partial charge in [0.05, 0.1) is 6.61 Å². The predicted molar refractivity (Wildman–Crippen MR) is 114 cm³/mol. The molecule has 0 fully saturated rings. The summed E-state index contributed by atoms with van der Waals surface area (Å²) in [5.41, 5.74) is 1.02. The number of hydrogen-bond donors (Lipinski definition) is 2. The van der Waals surface area contributed by atoms with Crippen molar-refractivity contribution < 1.29 is 22.7 Å². The van der Waals surface area contributed by atoms with Crippen molar-refractivity contribution in [1.29, 1.82) is 0 Å². The van der Waals surface area contributed by atoms with E-state index in [1.165, 1.54) is 25.3 Å². The molecule has 13 heteroatoms. The molecule has 12 nitrogen and oxygen atoms in total. The zero-order valence-corrected chi connectivity index (χ0v) is 18.6. The normalized spacial score (nSPS) is 11.1. The Bertz CT molecular complexity index is 1240. The van der Waals surface area contributed by atoms with Crippen molar-refractivity contribution in [3.63, 3.8) is 0 Å². The molecule has 2 N–H and O–H groups in total. The molecule has 0 aliphatic rings. The first-order valence-electron chi connectivity index (χ1n) is 9.46. The number of aryl methyl sites for hydroxylation is 3. The maximum absolute atomic E-state index is 13.5. The molecular weight excluding hydrogens is 438 g/mol. The number of aromatic nitrogens is 5. The van der Waals surface area contributed by atoms with Crippen LogP contribution in [0.4, 0.5) is 16.6 Å². The van der Waals surface area contributed by atoms with Crippen LogP contribution in [0.25, 0.3) is 0 Å². The number of H-pyrrole nitrogens is 1. The van der Waals surface area contributed by atoms with Gasteiger partial charge in [-0.3, -0.25) is 10.4 Å². The quantitative estimate of drug-likeness (QED) is 0.526. The Kier molecular flexibility index (Phi) is 6.48. The van der Waals surface area contributed by atoms with E-state index in [-0.39, 0.29) is 29.6 Å². The first kappa shape index (κ1) is 22.8. The zero-order valence-electron chi connectivity index (χ0n) is 17.8. The molecule has 0 saturated heterocycles. The molecule has 32 heavy (non-hydrogen) atoms. The van der Waals surface area contributed by atoms with Crippen molar-refractivity contribution in [3.8, 4) is 0 Å².